The van der Waals surface area contributed by atoms with E-state index in [1.54, 1.807) is 18.7 Å². The summed E-state index contributed by atoms with van der Waals surface area (Å²) in [5.41, 5.74) is 6.22. The maximum atomic E-state index is 11.5. The zero-order chi connectivity index (χ0) is 15.3. The topological polar surface area (TPSA) is 68.1 Å². The van der Waals surface area contributed by atoms with E-state index in [4.69, 9.17) is 10.5 Å². The highest BCUT2D eigenvalue weighted by atomic mass is 32.2. The Balaban J connectivity index is 1.74. The van der Waals surface area contributed by atoms with E-state index in [0.29, 0.717) is 6.42 Å². The molecule has 0 saturated carbocycles. The monoisotopic (exact) mass is 306 g/mol. The molecular formula is C16H22N2O2S. The molecule has 3 N–H and O–H groups in total. The number of carbonyl (C=O) groups excluding carboxylic acids is 1. The Hall–Kier alpha value is -1.46. The van der Waals surface area contributed by atoms with Crippen LogP contribution in [0.2, 0.25) is 0 Å². The first-order valence-corrected chi connectivity index (χ1v) is 8.09. The van der Waals surface area contributed by atoms with E-state index in [0.717, 1.165) is 18.6 Å². The maximum Gasteiger partial charge on any atom is 0.325 e. The molecule has 0 aliphatic rings. The molecule has 0 spiro atoms. The molecule has 0 saturated heterocycles. The van der Waals surface area contributed by atoms with E-state index in [1.807, 2.05) is 12.1 Å². The number of unbranched alkanes of at least 4 members (excludes halogenated alkanes) is 1. The van der Waals surface area contributed by atoms with E-state index in [-0.39, 0.29) is 5.97 Å². The van der Waals surface area contributed by atoms with Crippen LogP contribution >= 0.6 is 11.8 Å². The number of methoxy groups -OCH3 is 1. The van der Waals surface area contributed by atoms with Gasteiger partial charge in [-0.05, 0) is 37.7 Å². The SMILES string of the molecule is COC(=O)C(C)(N)CCCCSc1cc2ccccc2[nH]1. The molecule has 1 atom stereocenters. The van der Waals surface area contributed by atoms with Gasteiger partial charge in [0.15, 0.2) is 0 Å². The van der Waals surface area contributed by atoms with Gasteiger partial charge in [0.25, 0.3) is 0 Å². The number of carbonyl (C=O) groups is 1. The molecule has 1 unspecified atom stereocenters. The highest BCUT2D eigenvalue weighted by Crippen LogP contribution is 2.24. The molecule has 1 aromatic carbocycles. The molecule has 0 bridgehead atoms. The highest BCUT2D eigenvalue weighted by molar-refractivity contribution is 7.99. The van der Waals surface area contributed by atoms with E-state index in [9.17, 15) is 4.79 Å². The number of aromatic nitrogens is 1. The van der Waals surface area contributed by atoms with Crippen molar-refractivity contribution in [2.45, 2.75) is 36.8 Å². The average molecular weight is 306 g/mol. The Morgan fingerprint density at radius 1 is 1.38 bits per heavy atom. The van der Waals surface area contributed by atoms with E-state index < -0.39 is 5.54 Å². The van der Waals surface area contributed by atoms with E-state index >= 15 is 0 Å². The lowest BCUT2D eigenvalue weighted by Gasteiger charge is -2.20. The fraction of sp³-hybridized carbons (Fsp3) is 0.438. The van der Waals surface area contributed by atoms with Crippen LogP contribution in [0.15, 0.2) is 35.4 Å². The number of para-hydroxylation sites is 1. The van der Waals surface area contributed by atoms with Gasteiger partial charge in [-0.25, -0.2) is 0 Å². The number of ether oxygens (including phenoxy) is 1. The van der Waals surface area contributed by atoms with Crippen molar-refractivity contribution < 1.29 is 9.53 Å². The predicted molar refractivity (Wildman–Crippen MR) is 87.5 cm³/mol. The third-order valence-electron chi connectivity index (χ3n) is 3.50. The molecule has 2 rings (SSSR count). The van der Waals surface area contributed by atoms with Crippen molar-refractivity contribution in [2.75, 3.05) is 12.9 Å². The van der Waals surface area contributed by atoms with Gasteiger partial charge in [-0.1, -0.05) is 24.6 Å². The summed E-state index contributed by atoms with van der Waals surface area (Å²) >= 11 is 1.80. The standard InChI is InChI=1S/C16H22N2O2S/c1-16(17,15(19)20-2)9-5-6-10-21-14-11-12-7-3-4-8-13(12)18-14/h3-4,7-8,11,18H,5-6,9-10,17H2,1-2H3. The summed E-state index contributed by atoms with van der Waals surface area (Å²) in [5.74, 6) is 0.662. The van der Waals surface area contributed by atoms with Crippen LogP contribution in [0, 0.1) is 0 Å². The summed E-state index contributed by atoms with van der Waals surface area (Å²) in [6, 6.07) is 10.4. The minimum absolute atomic E-state index is 0.342. The zero-order valence-electron chi connectivity index (χ0n) is 12.5. The van der Waals surface area contributed by atoms with Gasteiger partial charge >= 0.3 is 5.97 Å². The van der Waals surface area contributed by atoms with Crippen LogP contribution in [-0.2, 0) is 9.53 Å². The summed E-state index contributed by atoms with van der Waals surface area (Å²) < 4.78 is 4.70. The molecule has 0 amide bonds. The van der Waals surface area contributed by atoms with Crippen LogP contribution in [0.3, 0.4) is 0 Å². The van der Waals surface area contributed by atoms with Crippen LogP contribution < -0.4 is 5.73 Å². The molecular weight excluding hydrogens is 284 g/mol. The molecule has 0 fully saturated rings. The van der Waals surface area contributed by atoms with Crippen molar-refractivity contribution in [3.8, 4) is 0 Å². The predicted octanol–water partition coefficient (Wildman–Crippen LogP) is 3.32. The fourth-order valence-electron chi connectivity index (χ4n) is 2.24. The Bertz CT molecular complexity index is 574. The largest absolute Gasteiger partial charge is 0.468 e. The van der Waals surface area contributed by atoms with Crippen LogP contribution in [0.25, 0.3) is 10.9 Å². The van der Waals surface area contributed by atoms with E-state index in [2.05, 4.69) is 23.2 Å². The number of H-pyrrole nitrogens is 1. The highest BCUT2D eigenvalue weighted by Gasteiger charge is 2.28. The summed E-state index contributed by atoms with van der Waals surface area (Å²) in [7, 11) is 1.37. The second-order valence-electron chi connectivity index (χ2n) is 5.44. The number of fused-ring (bicyclic) bond motifs is 1. The normalized spacial score (nSPS) is 14.0. The lowest BCUT2D eigenvalue weighted by Crippen LogP contribution is -2.45. The first-order valence-electron chi connectivity index (χ1n) is 7.11. The molecule has 5 heteroatoms. The number of aromatic amines is 1. The third-order valence-corrected chi connectivity index (χ3v) is 4.53. The first-order chi connectivity index (χ1) is 10.0. The first kappa shape index (κ1) is 15.9. The Kier molecular flexibility index (Phi) is 5.31. The fourth-order valence-corrected chi connectivity index (χ4v) is 3.20. The molecule has 1 aromatic heterocycles. The average Bonchev–Trinajstić information content (AvgIpc) is 2.88. The van der Waals surface area contributed by atoms with Gasteiger partial charge in [-0.2, -0.15) is 0 Å². The lowest BCUT2D eigenvalue weighted by atomic mass is 9.97. The zero-order valence-corrected chi connectivity index (χ0v) is 13.3. The summed E-state index contributed by atoms with van der Waals surface area (Å²) in [6.07, 6.45) is 2.58. The van der Waals surface area contributed by atoms with Gasteiger partial charge < -0.3 is 15.5 Å². The van der Waals surface area contributed by atoms with Gasteiger partial charge in [0.2, 0.25) is 0 Å². The lowest BCUT2D eigenvalue weighted by molar-refractivity contribution is -0.146. The minimum atomic E-state index is -0.874. The van der Waals surface area contributed by atoms with Crippen molar-refractivity contribution in [3.05, 3.63) is 30.3 Å². The van der Waals surface area contributed by atoms with Crippen molar-refractivity contribution in [1.82, 2.24) is 4.98 Å². The molecule has 0 radical (unpaired) electrons. The quantitative estimate of drug-likeness (QED) is 0.468. The van der Waals surface area contributed by atoms with Crippen LogP contribution in [0.1, 0.15) is 26.2 Å². The molecule has 114 valence electrons. The van der Waals surface area contributed by atoms with Gasteiger partial charge in [-0.3, -0.25) is 4.79 Å². The Morgan fingerprint density at radius 3 is 2.86 bits per heavy atom. The number of benzene rings is 1. The van der Waals surface area contributed by atoms with Crippen LogP contribution in [0.5, 0.6) is 0 Å². The smallest absolute Gasteiger partial charge is 0.325 e. The van der Waals surface area contributed by atoms with Gasteiger partial charge in [-0.15, -0.1) is 11.8 Å². The van der Waals surface area contributed by atoms with Gasteiger partial charge in [0, 0.05) is 10.9 Å². The second kappa shape index (κ2) is 7.00. The van der Waals surface area contributed by atoms with Crippen molar-refractivity contribution >= 4 is 28.6 Å². The molecule has 0 aliphatic carbocycles. The molecule has 1 heterocycles. The summed E-state index contributed by atoms with van der Waals surface area (Å²) in [6.45, 7) is 1.73. The maximum absolute atomic E-state index is 11.5. The van der Waals surface area contributed by atoms with Crippen LogP contribution in [0.4, 0.5) is 0 Å². The number of esters is 1. The number of rotatable bonds is 7. The van der Waals surface area contributed by atoms with Crippen molar-refractivity contribution in [2.24, 2.45) is 5.73 Å². The Labute approximate surface area is 129 Å². The van der Waals surface area contributed by atoms with Gasteiger partial charge in [0.1, 0.15) is 5.54 Å². The minimum Gasteiger partial charge on any atom is -0.468 e. The van der Waals surface area contributed by atoms with Gasteiger partial charge in [0.05, 0.1) is 12.1 Å². The number of nitrogens with two attached hydrogens (primary N) is 1. The number of thioether (sulfide) groups is 1. The Morgan fingerprint density at radius 2 is 2.14 bits per heavy atom. The third kappa shape index (κ3) is 4.25. The van der Waals surface area contributed by atoms with Crippen molar-refractivity contribution in [1.29, 1.82) is 0 Å². The number of hydrogen-bond donors (Lipinski definition) is 2. The summed E-state index contributed by atoms with van der Waals surface area (Å²) in [5, 5.41) is 2.42. The van der Waals surface area contributed by atoms with E-state index in [1.165, 1.54) is 23.0 Å². The number of hydrogen-bond acceptors (Lipinski definition) is 4. The second-order valence-corrected chi connectivity index (χ2v) is 6.57. The molecule has 4 nitrogen and oxygen atoms in total. The van der Waals surface area contributed by atoms with Crippen molar-refractivity contribution in [3.63, 3.8) is 0 Å². The molecule has 21 heavy (non-hydrogen) atoms. The molecule has 0 aliphatic heterocycles. The van der Waals surface area contributed by atoms with Crippen LogP contribution in [-0.4, -0.2) is 29.4 Å². The molecule has 2 aromatic rings. The summed E-state index contributed by atoms with van der Waals surface area (Å²) in [4.78, 5) is 14.9. The number of nitrogens with one attached hydrogen (secondary N) is 1.